The van der Waals surface area contributed by atoms with Crippen LogP contribution in [0.5, 0.6) is 0 Å². The minimum atomic E-state index is -0.0545. The number of nitrogens with zero attached hydrogens (tertiary/aromatic N) is 4. The maximum Gasteiger partial charge on any atom is 0.270 e. The second kappa shape index (κ2) is 5.40. The molecule has 0 radical (unpaired) electrons. The lowest BCUT2D eigenvalue weighted by Gasteiger charge is -2.30. The molecule has 0 spiro atoms. The summed E-state index contributed by atoms with van der Waals surface area (Å²) in [5.74, 6) is 1.91. The molecule has 7 nitrogen and oxygen atoms in total. The molecule has 2 N–H and O–H groups in total. The summed E-state index contributed by atoms with van der Waals surface area (Å²) in [6.07, 6.45) is 3.26. The van der Waals surface area contributed by atoms with E-state index in [1.807, 2.05) is 17.9 Å². The Hall–Kier alpha value is -2.62. The number of nitriles is 1. The van der Waals surface area contributed by atoms with Crippen molar-refractivity contribution in [3.05, 3.63) is 35.2 Å². The summed E-state index contributed by atoms with van der Waals surface area (Å²) < 4.78 is 0. The van der Waals surface area contributed by atoms with Gasteiger partial charge >= 0.3 is 0 Å². The van der Waals surface area contributed by atoms with Gasteiger partial charge in [-0.2, -0.15) is 10.4 Å². The van der Waals surface area contributed by atoms with E-state index in [1.165, 1.54) is 0 Å². The SMILES string of the molecule is Cc1nc(C2CCN(C(=O)c3cc(C#N)c[nH]3)CC2)n[nH]1. The second-order valence-electron chi connectivity index (χ2n) is 5.26. The fourth-order valence-electron chi connectivity index (χ4n) is 2.64. The third-order valence-electron chi connectivity index (χ3n) is 3.80. The summed E-state index contributed by atoms with van der Waals surface area (Å²) in [6, 6.07) is 3.60. The average molecular weight is 284 g/mol. The fraction of sp³-hybridized carbons (Fsp3) is 0.429. The molecule has 1 amide bonds. The minimum Gasteiger partial charge on any atom is -0.356 e. The molecule has 1 aliphatic heterocycles. The smallest absolute Gasteiger partial charge is 0.270 e. The van der Waals surface area contributed by atoms with Crippen LogP contribution >= 0.6 is 0 Å². The number of carbonyl (C=O) groups is 1. The van der Waals surface area contributed by atoms with Gasteiger partial charge in [-0.25, -0.2) is 4.98 Å². The van der Waals surface area contributed by atoms with Gasteiger partial charge in [-0.15, -0.1) is 0 Å². The number of aryl methyl sites for hydroxylation is 1. The van der Waals surface area contributed by atoms with Crippen LogP contribution in [-0.2, 0) is 0 Å². The number of aromatic nitrogens is 4. The zero-order valence-electron chi connectivity index (χ0n) is 11.8. The lowest BCUT2D eigenvalue weighted by atomic mass is 9.96. The highest BCUT2D eigenvalue weighted by Crippen LogP contribution is 2.26. The van der Waals surface area contributed by atoms with Crippen LogP contribution in [0.1, 0.15) is 46.5 Å². The lowest BCUT2D eigenvalue weighted by Crippen LogP contribution is -2.38. The van der Waals surface area contributed by atoms with E-state index < -0.39 is 0 Å². The molecule has 0 atom stereocenters. The van der Waals surface area contributed by atoms with E-state index in [-0.39, 0.29) is 5.91 Å². The Morgan fingerprint density at radius 3 is 2.81 bits per heavy atom. The van der Waals surface area contributed by atoms with E-state index in [0.717, 1.165) is 24.5 Å². The van der Waals surface area contributed by atoms with Crippen molar-refractivity contribution < 1.29 is 4.79 Å². The van der Waals surface area contributed by atoms with E-state index in [1.54, 1.807) is 12.3 Å². The van der Waals surface area contributed by atoms with Crippen LogP contribution in [0.4, 0.5) is 0 Å². The van der Waals surface area contributed by atoms with Gasteiger partial charge < -0.3 is 9.88 Å². The highest BCUT2D eigenvalue weighted by molar-refractivity contribution is 5.92. The summed E-state index contributed by atoms with van der Waals surface area (Å²) in [5.41, 5.74) is 0.947. The number of nitrogens with one attached hydrogen (secondary N) is 2. The first-order chi connectivity index (χ1) is 10.2. The number of hydrogen-bond acceptors (Lipinski definition) is 4. The molecule has 3 rings (SSSR count). The third-order valence-corrected chi connectivity index (χ3v) is 3.80. The van der Waals surface area contributed by atoms with Crippen LogP contribution in [0.25, 0.3) is 0 Å². The van der Waals surface area contributed by atoms with Crippen molar-refractivity contribution in [2.45, 2.75) is 25.7 Å². The molecule has 0 unspecified atom stereocenters. The maximum absolute atomic E-state index is 12.3. The topological polar surface area (TPSA) is 101 Å². The normalized spacial score (nSPS) is 15.9. The summed E-state index contributed by atoms with van der Waals surface area (Å²) in [5, 5.41) is 15.9. The van der Waals surface area contributed by atoms with Crippen molar-refractivity contribution in [1.29, 1.82) is 5.26 Å². The molecule has 108 valence electrons. The lowest BCUT2D eigenvalue weighted by molar-refractivity contribution is 0.0706. The van der Waals surface area contributed by atoms with Crippen LogP contribution in [0.2, 0.25) is 0 Å². The molecule has 2 aromatic rings. The largest absolute Gasteiger partial charge is 0.356 e. The second-order valence-corrected chi connectivity index (χ2v) is 5.26. The van der Waals surface area contributed by atoms with Crippen molar-refractivity contribution in [2.75, 3.05) is 13.1 Å². The van der Waals surface area contributed by atoms with Crippen LogP contribution in [-0.4, -0.2) is 44.1 Å². The van der Waals surface area contributed by atoms with Crippen molar-refractivity contribution in [3.63, 3.8) is 0 Å². The molecule has 1 saturated heterocycles. The number of carbonyl (C=O) groups excluding carboxylic acids is 1. The van der Waals surface area contributed by atoms with Crippen molar-refractivity contribution in [2.24, 2.45) is 0 Å². The molecule has 7 heteroatoms. The molecule has 0 bridgehead atoms. The van der Waals surface area contributed by atoms with Crippen LogP contribution in [0, 0.1) is 18.3 Å². The first-order valence-corrected chi connectivity index (χ1v) is 6.94. The van der Waals surface area contributed by atoms with Gasteiger partial charge in [0.05, 0.1) is 5.56 Å². The van der Waals surface area contributed by atoms with Gasteiger partial charge in [0.1, 0.15) is 17.6 Å². The van der Waals surface area contributed by atoms with E-state index >= 15 is 0 Å². The molecule has 0 aromatic carbocycles. The number of hydrogen-bond donors (Lipinski definition) is 2. The number of rotatable bonds is 2. The summed E-state index contributed by atoms with van der Waals surface area (Å²) in [4.78, 5) is 21.4. The Bertz CT molecular complexity index is 686. The molecule has 0 saturated carbocycles. The van der Waals surface area contributed by atoms with Gasteiger partial charge in [0.15, 0.2) is 5.82 Å². The zero-order chi connectivity index (χ0) is 14.8. The Balaban J connectivity index is 1.63. The first-order valence-electron chi connectivity index (χ1n) is 6.94. The van der Waals surface area contributed by atoms with Crippen LogP contribution in [0.3, 0.4) is 0 Å². The van der Waals surface area contributed by atoms with Crippen molar-refractivity contribution >= 4 is 5.91 Å². The van der Waals surface area contributed by atoms with Gasteiger partial charge in [-0.1, -0.05) is 0 Å². The molecule has 3 heterocycles. The Morgan fingerprint density at radius 2 is 2.24 bits per heavy atom. The predicted molar refractivity (Wildman–Crippen MR) is 74.5 cm³/mol. The molecule has 1 fully saturated rings. The number of aromatic amines is 2. The predicted octanol–water partition coefficient (Wildman–Crippen LogP) is 1.33. The Morgan fingerprint density at radius 1 is 1.48 bits per heavy atom. The molecule has 1 aliphatic rings. The molecule has 21 heavy (non-hydrogen) atoms. The number of amides is 1. The monoisotopic (exact) mass is 284 g/mol. The number of H-pyrrole nitrogens is 2. The molecular weight excluding hydrogens is 268 g/mol. The highest BCUT2D eigenvalue weighted by Gasteiger charge is 2.27. The van der Waals surface area contributed by atoms with E-state index in [2.05, 4.69) is 20.2 Å². The van der Waals surface area contributed by atoms with Crippen molar-refractivity contribution in [3.8, 4) is 6.07 Å². The summed E-state index contributed by atoms with van der Waals surface area (Å²) in [7, 11) is 0. The van der Waals surface area contributed by atoms with E-state index in [9.17, 15) is 4.79 Å². The summed E-state index contributed by atoms with van der Waals surface area (Å²) >= 11 is 0. The van der Waals surface area contributed by atoms with E-state index in [4.69, 9.17) is 5.26 Å². The fourth-order valence-corrected chi connectivity index (χ4v) is 2.64. The van der Waals surface area contributed by atoms with E-state index in [0.29, 0.717) is 30.3 Å². The average Bonchev–Trinajstić information content (AvgIpc) is 3.15. The quantitative estimate of drug-likeness (QED) is 0.868. The number of piperidine rings is 1. The highest BCUT2D eigenvalue weighted by atomic mass is 16.2. The van der Waals surface area contributed by atoms with Gasteiger partial charge in [0.25, 0.3) is 5.91 Å². The molecular formula is C14H16N6O. The first kappa shape index (κ1) is 13.4. The van der Waals surface area contributed by atoms with Gasteiger partial charge in [0.2, 0.25) is 0 Å². The summed E-state index contributed by atoms with van der Waals surface area (Å²) in [6.45, 7) is 3.24. The van der Waals surface area contributed by atoms with Gasteiger partial charge in [-0.3, -0.25) is 9.89 Å². The molecule has 0 aliphatic carbocycles. The standard InChI is InChI=1S/C14H16N6O/c1-9-17-13(19-18-9)11-2-4-20(5-3-11)14(21)12-6-10(7-15)8-16-12/h6,8,11,16H,2-5H2,1H3,(H,17,18,19). The molecule has 2 aromatic heterocycles. The Kier molecular flexibility index (Phi) is 3.44. The van der Waals surface area contributed by atoms with Crippen molar-refractivity contribution in [1.82, 2.24) is 25.1 Å². The Labute approximate surface area is 122 Å². The maximum atomic E-state index is 12.3. The van der Waals surface area contributed by atoms with Gasteiger partial charge in [-0.05, 0) is 25.8 Å². The van der Waals surface area contributed by atoms with Crippen LogP contribution < -0.4 is 0 Å². The minimum absolute atomic E-state index is 0.0545. The zero-order valence-corrected chi connectivity index (χ0v) is 11.8. The van der Waals surface area contributed by atoms with Gasteiger partial charge in [0, 0.05) is 25.2 Å². The van der Waals surface area contributed by atoms with Crippen LogP contribution in [0.15, 0.2) is 12.3 Å². The third kappa shape index (κ3) is 2.65. The number of likely N-dealkylation sites (tertiary alicyclic amines) is 1.